The Bertz CT molecular complexity index is 602. The summed E-state index contributed by atoms with van der Waals surface area (Å²) in [5.41, 5.74) is 0.953. The van der Waals surface area contributed by atoms with Crippen molar-refractivity contribution in [2.24, 2.45) is 5.92 Å². The molecule has 0 atom stereocenters. The van der Waals surface area contributed by atoms with E-state index in [-0.39, 0.29) is 19.8 Å². The molecule has 0 aliphatic rings. The van der Waals surface area contributed by atoms with E-state index >= 15 is 0 Å². The first-order valence-electron chi connectivity index (χ1n) is 6.46. The fourth-order valence-electron chi connectivity index (χ4n) is 1.50. The summed E-state index contributed by atoms with van der Waals surface area (Å²) in [5, 5.41) is 0. The number of hydrogen-bond donors (Lipinski definition) is 0. The first kappa shape index (κ1) is 19.0. The van der Waals surface area contributed by atoms with E-state index in [1.807, 2.05) is 30.3 Å². The highest BCUT2D eigenvalue weighted by Gasteiger charge is 2.16. The van der Waals surface area contributed by atoms with Gasteiger partial charge in [0.15, 0.2) is 0 Å². The zero-order valence-corrected chi connectivity index (χ0v) is 14.1. The largest absolute Gasteiger partial charge is 0.376 e. The van der Waals surface area contributed by atoms with Crippen LogP contribution in [0.4, 0.5) is 0 Å². The fourth-order valence-corrected chi connectivity index (χ4v) is 2.38. The number of benzene rings is 1. The van der Waals surface area contributed by atoms with Crippen LogP contribution < -0.4 is 0 Å². The van der Waals surface area contributed by atoms with E-state index in [1.165, 1.54) is 0 Å². The summed E-state index contributed by atoms with van der Waals surface area (Å²) in [6, 6.07) is 9.39. The molecule has 0 aromatic heterocycles. The molecule has 0 amide bonds. The van der Waals surface area contributed by atoms with E-state index in [0.717, 1.165) is 18.1 Å². The minimum absolute atomic E-state index is 0.111. The van der Waals surface area contributed by atoms with Crippen molar-refractivity contribution in [3.05, 3.63) is 35.9 Å². The lowest BCUT2D eigenvalue weighted by Crippen LogP contribution is -2.24. The van der Waals surface area contributed by atoms with Gasteiger partial charge in [-0.3, -0.25) is 8.37 Å². The molecule has 1 aromatic carbocycles. The molecule has 0 aliphatic carbocycles. The fraction of sp³-hybridized carbons (Fsp3) is 0.538. The van der Waals surface area contributed by atoms with Crippen molar-refractivity contribution in [2.45, 2.75) is 6.61 Å². The van der Waals surface area contributed by atoms with Gasteiger partial charge in [-0.15, -0.1) is 0 Å². The third-order valence-electron chi connectivity index (χ3n) is 2.50. The normalized spacial score (nSPS) is 12.7. The third kappa shape index (κ3) is 9.85. The number of hydrogen-bond acceptors (Lipinski definition) is 7. The van der Waals surface area contributed by atoms with E-state index in [0.29, 0.717) is 6.61 Å². The quantitative estimate of drug-likeness (QED) is 0.574. The van der Waals surface area contributed by atoms with Gasteiger partial charge in [0, 0.05) is 5.92 Å². The van der Waals surface area contributed by atoms with Crippen molar-refractivity contribution in [1.82, 2.24) is 0 Å². The predicted octanol–water partition coefficient (Wildman–Crippen LogP) is 0.772. The standard InChI is InChI=1S/C13H20O7S2/c1-21(14,15)19-10-13(11-20-22(2,16)17)9-18-8-12-6-4-3-5-7-12/h3-7,13H,8-11H2,1-2H3. The molecule has 7 nitrogen and oxygen atoms in total. The van der Waals surface area contributed by atoms with Crippen LogP contribution in [0.25, 0.3) is 0 Å². The highest BCUT2D eigenvalue weighted by Crippen LogP contribution is 2.07. The maximum absolute atomic E-state index is 11.0. The molecule has 0 bridgehead atoms. The van der Waals surface area contributed by atoms with Gasteiger partial charge in [0.2, 0.25) is 0 Å². The van der Waals surface area contributed by atoms with E-state index in [2.05, 4.69) is 8.37 Å². The molecule has 0 aliphatic heterocycles. The molecular weight excluding hydrogens is 332 g/mol. The minimum Gasteiger partial charge on any atom is -0.376 e. The lowest BCUT2D eigenvalue weighted by Gasteiger charge is -2.16. The van der Waals surface area contributed by atoms with Gasteiger partial charge >= 0.3 is 0 Å². The van der Waals surface area contributed by atoms with Crippen molar-refractivity contribution >= 4 is 20.2 Å². The van der Waals surface area contributed by atoms with Crippen molar-refractivity contribution in [3.8, 4) is 0 Å². The molecule has 0 N–H and O–H groups in total. The summed E-state index contributed by atoms with van der Waals surface area (Å²) in [7, 11) is -7.22. The Kier molecular flexibility index (Phi) is 7.43. The van der Waals surface area contributed by atoms with Gasteiger partial charge in [-0.2, -0.15) is 16.8 Å². The summed E-state index contributed by atoms with van der Waals surface area (Å²) in [6.45, 7) is 0.0291. The van der Waals surface area contributed by atoms with E-state index in [1.54, 1.807) is 0 Å². The first-order chi connectivity index (χ1) is 10.2. The predicted molar refractivity (Wildman–Crippen MR) is 81.2 cm³/mol. The highest BCUT2D eigenvalue weighted by atomic mass is 32.2. The molecule has 9 heteroatoms. The van der Waals surface area contributed by atoms with Gasteiger partial charge in [0.1, 0.15) is 0 Å². The van der Waals surface area contributed by atoms with Crippen molar-refractivity contribution < 1.29 is 29.9 Å². The molecule has 0 spiro atoms. The van der Waals surface area contributed by atoms with Gasteiger partial charge in [0.25, 0.3) is 20.2 Å². The van der Waals surface area contributed by atoms with Crippen LogP contribution in [0, 0.1) is 5.92 Å². The molecular formula is C13H20O7S2. The van der Waals surface area contributed by atoms with E-state index in [9.17, 15) is 16.8 Å². The first-order valence-corrected chi connectivity index (χ1v) is 10.1. The molecule has 0 radical (unpaired) electrons. The van der Waals surface area contributed by atoms with Crippen LogP contribution in [0.2, 0.25) is 0 Å². The average Bonchev–Trinajstić information content (AvgIpc) is 2.40. The Morgan fingerprint density at radius 2 is 1.36 bits per heavy atom. The lowest BCUT2D eigenvalue weighted by molar-refractivity contribution is 0.0501. The molecule has 1 aromatic rings. The zero-order valence-electron chi connectivity index (χ0n) is 12.5. The van der Waals surface area contributed by atoms with Crippen LogP contribution in [0.1, 0.15) is 5.56 Å². The van der Waals surface area contributed by atoms with E-state index in [4.69, 9.17) is 4.74 Å². The maximum Gasteiger partial charge on any atom is 0.264 e. The van der Waals surface area contributed by atoms with Crippen LogP contribution in [-0.2, 0) is 39.9 Å². The highest BCUT2D eigenvalue weighted by molar-refractivity contribution is 7.86. The second kappa shape index (κ2) is 8.59. The Morgan fingerprint density at radius 3 is 1.82 bits per heavy atom. The number of ether oxygens (including phenoxy) is 1. The lowest BCUT2D eigenvalue weighted by atomic mass is 10.2. The minimum atomic E-state index is -3.61. The SMILES string of the molecule is CS(=O)(=O)OCC(COCc1ccccc1)COS(C)(=O)=O. The van der Waals surface area contributed by atoms with Crippen molar-refractivity contribution in [1.29, 1.82) is 0 Å². The second-order valence-electron chi connectivity index (χ2n) is 4.84. The Labute approximate surface area is 131 Å². The number of rotatable bonds is 10. The van der Waals surface area contributed by atoms with Crippen LogP contribution in [0.5, 0.6) is 0 Å². The molecule has 22 heavy (non-hydrogen) atoms. The van der Waals surface area contributed by atoms with Crippen LogP contribution >= 0.6 is 0 Å². The zero-order chi connectivity index (χ0) is 16.6. The molecule has 126 valence electrons. The van der Waals surface area contributed by atoms with Crippen LogP contribution in [-0.4, -0.2) is 49.2 Å². The topological polar surface area (TPSA) is 96.0 Å². The van der Waals surface area contributed by atoms with Crippen LogP contribution in [0.15, 0.2) is 30.3 Å². The molecule has 0 saturated heterocycles. The summed E-state index contributed by atoms with van der Waals surface area (Å²) in [5.74, 6) is -0.520. The molecule has 0 unspecified atom stereocenters. The summed E-state index contributed by atoms with van der Waals surface area (Å²) >= 11 is 0. The second-order valence-corrected chi connectivity index (χ2v) is 8.13. The summed E-state index contributed by atoms with van der Waals surface area (Å²) in [4.78, 5) is 0. The molecule has 0 saturated carbocycles. The monoisotopic (exact) mass is 352 g/mol. The third-order valence-corrected chi connectivity index (χ3v) is 3.63. The smallest absolute Gasteiger partial charge is 0.264 e. The van der Waals surface area contributed by atoms with Gasteiger partial charge < -0.3 is 4.74 Å². The summed E-state index contributed by atoms with van der Waals surface area (Å²) in [6.07, 6.45) is 1.85. The molecule has 0 heterocycles. The Morgan fingerprint density at radius 1 is 0.864 bits per heavy atom. The molecule has 1 rings (SSSR count). The maximum atomic E-state index is 11.0. The van der Waals surface area contributed by atoms with E-state index < -0.39 is 26.2 Å². The summed E-state index contributed by atoms with van der Waals surface area (Å²) < 4.78 is 58.9. The van der Waals surface area contributed by atoms with Gasteiger partial charge in [-0.25, -0.2) is 0 Å². The average molecular weight is 352 g/mol. The Hall–Kier alpha value is -1.00. The molecule has 0 fully saturated rings. The van der Waals surface area contributed by atoms with Gasteiger partial charge in [-0.1, -0.05) is 30.3 Å². The van der Waals surface area contributed by atoms with Crippen molar-refractivity contribution in [3.63, 3.8) is 0 Å². The van der Waals surface area contributed by atoms with Gasteiger partial charge in [0.05, 0.1) is 38.9 Å². The van der Waals surface area contributed by atoms with Crippen molar-refractivity contribution in [2.75, 3.05) is 32.3 Å². The Balaban J connectivity index is 2.49. The van der Waals surface area contributed by atoms with Gasteiger partial charge in [-0.05, 0) is 5.56 Å². The van der Waals surface area contributed by atoms with Crippen LogP contribution in [0.3, 0.4) is 0 Å².